The molecule has 82 valence electrons. The van der Waals surface area contributed by atoms with E-state index in [4.69, 9.17) is 9.84 Å². The van der Waals surface area contributed by atoms with E-state index < -0.39 is 12.0 Å². The van der Waals surface area contributed by atoms with Gasteiger partial charge in [0.1, 0.15) is 6.04 Å². The summed E-state index contributed by atoms with van der Waals surface area (Å²) in [4.78, 5) is 21.6. The van der Waals surface area contributed by atoms with Crippen molar-refractivity contribution in [2.45, 2.75) is 32.7 Å². The molecule has 0 saturated carbocycles. The second-order valence-electron chi connectivity index (χ2n) is 2.79. The van der Waals surface area contributed by atoms with E-state index in [9.17, 15) is 9.59 Å². The van der Waals surface area contributed by atoms with Crippen molar-refractivity contribution in [1.82, 2.24) is 5.32 Å². The summed E-state index contributed by atoms with van der Waals surface area (Å²) in [6.45, 7) is 4.50. The average molecular weight is 203 g/mol. The summed E-state index contributed by atoms with van der Waals surface area (Å²) in [6.07, 6.45) is 0.235. The average Bonchev–Trinajstić information content (AvgIpc) is 2.12. The number of esters is 1. The van der Waals surface area contributed by atoms with Crippen LogP contribution in [0.1, 0.15) is 26.7 Å². The second kappa shape index (κ2) is 7.32. The second-order valence-corrected chi connectivity index (χ2v) is 2.79. The maximum Gasteiger partial charge on any atom is 0.323 e. The molecule has 14 heavy (non-hydrogen) atoms. The van der Waals surface area contributed by atoms with Gasteiger partial charge in [-0.15, -0.1) is 0 Å². The first-order chi connectivity index (χ1) is 6.61. The van der Waals surface area contributed by atoms with Crippen molar-refractivity contribution in [3.8, 4) is 0 Å². The summed E-state index contributed by atoms with van der Waals surface area (Å²) >= 11 is 0. The van der Waals surface area contributed by atoms with Gasteiger partial charge in [0, 0.05) is 6.42 Å². The van der Waals surface area contributed by atoms with Crippen LogP contribution < -0.4 is 5.32 Å². The highest BCUT2D eigenvalue weighted by Crippen LogP contribution is 2.00. The molecular weight excluding hydrogens is 186 g/mol. The molecule has 5 nitrogen and oxygen atoms in total. The molecule has 0 rings (SSSR count). The van der Waals surface area contributed by atoms with Crippen LogP contribution >= 0.6 is 0 Å². The molecule has 0 aliphatic heterocycles. The molecule has 0 spiro atoms. The van der Waals surface area contributed by atoms with Crippen LogP contribution in [0.4, 0.5) is 0 Å². The Bertz CT molecular complexity index is 193. The van der Waals surface area contributed by atoms with Gasteiger partial charge in [-0.05, 0) is 19.9 Å². The van der Waals surface area contributed by atoms with E-state index in [1.165, 1.54) is 0 Å². The van der Waals surface area contributed by atoms with E-state index in [1.54, 1.807) is 6.92 Å². The predicted octanol–water partition coefficient (Wildman–Crippen LogP) is 0.392. The number of hydrogen-bond acceptors (Lipinski definition) is 4. The normalized spacial score (nSPS) is 12.1. The largest absolute Gasteiger partial charge is 0.481 e. The van der Waals surface area contributed by atoms with Gasteiger partial charge in [0.25, 0.3) is 0 Å². The Morgan fingerprint density at radius 1 is 1.43 bits per heavy atom. The number of carboxylic acid groups (broad SMARTS) is 1. The Balaban J connectivity index is 3.99. The van der Waals surface area contributed by atoms with E-state index in [-0.39, 0.29) is 18.8 Å². The van der Waals surface area contributed by atoms with E-state index in [1.807, 2.05) is 6.92 Å². The number of carbonyl (C=O) groups excluding carboxylic acids is 1. The van der Waals surface area contributed by atoms with Crippen LogP contribution in [0.25, 0.3) is 0 Å². The van der Waals surface area contributed by atoms with Crippen molar-refractivity contribution < 1.29 is 19.4 Å². The Hall–Kier alpha value is -1.10. The molecular formula is C9H17NO4. The van der Waals surface area contributed by atoms with Crippen LogP contribution in [-0.2, 0) is 14.3 Å². The van der Waals surface area contributed by atoms with Gasteiger partial charge in [-0.25, -0.2) is 0 Å². The summed E-state index contributed by atoms with van der Waals surface area (Å²) in [5, 5.41) is 11.3. The molecule has 0 aromatic carbocycles. The highest BCUT2D eigenvalue weighted by Gasteiger charge is 2.19. The molecule has 2 N–H and O–H groups in total. The Morgan fingerprint density at radius 3 is 2.50 bits per heavy atom. The summed E-state index contributed by atoms with van der Waals surface area (Å²) in [6, 6.07) is -0.504. The van der Waals surface area contributed by atoms with E-state index in [2.05, 4.69) is 5.32 Å². The van der Waals surface area contributed by atoms with Gasteiger partial charge in [0.15, 0.2) is 0 Å². The molecule has 0 aromatic rings. The van der Waals surface area contributed by atoms with Gasteiger partial charge in [-0.2, -0.15) is 0 Å². The highest BCUT2D eigenvalue weighted by molar-refractivity contribution is 5.76. The quantitative estimate of drug-likeness (QED) is 0.585. The van der Waals surface area contributed by atoms with Crippen molar-refractivity contribution in [2.75, 3.05) is 13.2 Å². The number of ether oxygens (including phenoxy) is 1. The zero-order chi connectivity index (χ0) is 11.0. The number of rotatable bonds is 7. The van der Waals surface area contributed by atoms with Crippen LogP contribution in [0.3, 0.4) is 0 Å². The lowest BCUT2D eigenvalue weighted by atomic mass is 10.1. The molecule has 0 fully saturated rings. The lowest BCUT2D eigenvalue weighted by Crippen LogP contribution is -2.38. The van der Waals surface area contributed by atoms with Crippen molar-refractivity contribution in [3.05, 3.63) is 0 Å². The lowest BCUT2D eigenvalue weighted by Gasteiger charge is -2.14. The fourth-order valence-electron chi connectivity index (χ4n) is 1.06. The molecule has 5 heteroatoms. The Morgan fingerprint density at radius 2 is 2.07 bits per heavy atom. The van der Waals surface area contributed by atoms with E-state index in [0.717, 1.165) is 0 Å². The van der Waals surface area contributed by atoms with Crippen molar-refractivity contribution in [1.29, 1.82) is 0 Å². The predicted molar refractivity (Wildman–Crippen MR) is 51.0 cm³/mol. The summed E-state index contributed by atoms with van der Waals surface area (Å²) < 4.78 is 4.79. The lowest BCUT2D eigenvalue weighted by molar-refractivity contribution is -0.146. The number of carboxylic acids is 1. The minimum Gasteiger partial charge on any atom is -0.481 e. The first-order valence-corrected chi connectivity index (χ1v) is 4.73. The van der Waals surface area contributed by atoms with Gasteiger partial charge in [0.05, 0.1) is 6.61 Å². The number of nitrogens with one attached hydrogen (secondary N) is 1. The molecule has 0 unspecified atom stereocenters. The smallest absolute Gasteiger partial charge is 0.323 e. The van der Waals surface area contributed by atoms with Crippen molar-refractivity contribution in [3.63, 3.8) is 0 Å². The summed E-state index contributed by atoms with van der Waals surface area (Å²) in [5.41, 5.74) is 0. The fraction of sp³-hybridized carbons (Fsp3) is 0.778. The molecule has 0 bridgehead atoms. The molecule has 0 radical (unpaired) electrons. The number of carbonyl (C=O) groups is 2. The van der Waals surface area contributed by atoms with Crippen LogP contribution in [0.5, 0.6) is 0 Å². The first kappa shape index (κ1) is 12.9. The first-order valence-electron chi connectivity index (χ1n) is 4.73. The third-order valence-electron chi connectivity index (χ3n) is 1.67. The van der Waals surface area contributed by atoms with Gasteiger partial charge in [0.2, 0.25) is 0 Å². The van der Waals surface area contributed by atoms with Crippen molar-refractivity contribution in [2.24, 2.45) is 0 Å². The SMILES string of the molecule is CCN[C@@H](CCC(=O)O)C(=O)OCC. The standard InChI is InChI=1S/C9H17NO4/c1-3-10-7(5-6-8(11)12)9(13)14-4-2/h7,10H,3-6H2,1-2H3,(H,11,12)/t7-/m0/s1. The zero-order valence-electron chi connectivity index (χ0n) is 8.58. The molecule has 0 saturated heterocycles. The molecule has 0 aliphatic rings. The Labute approximate surface area is 83.4 Å². The monoisotopic (exact) mass is 203 g/mol. The summed E-state index contributed by atoms with van der Waals surface area (Å²) in [7, 11) is 0. The van der Waals surface area contributed by atoms with E-state index >= 15 is 0 Å². The minimum atomic E-state index is -0.905. The molecule has 1 atom stereocenters. The number of hydrogen-bond donors (Lipinski definition) is 2. The number of likely N-dealkylation sites (N-methyl/N-ethyl adjacent to an activating group) is 1. The van der Waals surface area contributed by atoms with E-state index in [0.29, 0.717) is 13.2 Å². The maximum atomic E-state index is 11.3. The minimum absolute atomic E-state index is 0.0313. The molecule has 0 amide bonds. The van der Waals surface area contributed by atoms with Crippen molar-refractivity contribution >= 4 is 11.9 Å². The van der Waals surface area contributed by atoms with Crippen LogP contribution in [0.15, 0.2) is 0 Å². The fourth-order valence-corrected chi connectivity index (χ4v) is 1.06. The van der Waals surface area contributed by atoms with Gasteiger partial charge >= 0.3 is 11.9 Å². The Kier molecular flexibility index (Phi) is 6.74. The topological polar surface area (TPSA) is 75.6 Å². The highest BCUT2D eigenvalue weighted by atomic mass is 16.5. The number of aliphatic carboxylic acids is 1. The van der Waals surface area contributed by atoms with Crippen LogP contribution in [0.2, 0.25) is 0 Å². The molecule has 0 aromatic heterocycles. The summed E-state index contributed by atoms with van der Waals surface area (Å²) in [5.74, 6) is -1.28. The third-order valence-corrected chi connectivity index (χ3v) is 1.67. The van der Waals surface area contributed by atoms with Crippen LogP contribution in [0, 0.1) is 0 Å². The van der Waals surface area contributed by atoms with Crippen LogP contribution in [-0.4, -0.2) is 36.2 Å². The maximum absolute atomic E-state index is 11.3. The molecule has 0 heterocycles. The zero-order valence-corrected chi connectivity index (χ0v) is 8.58. The third kappa shape index (κ3) is 5.53. The van der Waals surface area contributed by atoms with Gasteiger partial charge in [-0.3, -0.25) is 9.59 Å². The molecule has 0 aliphatic carbocycles. The van der Waals surface area contributed by atoms with Gasteiger partial charge < -0.3 is 15.2 Å². The van der Waals surface area contributed by atoms with Gasteiger partial charge in [-0.1, -0.05) is 6.92 Å².